The summed E-state index contributed by atoms with van der Waals surface area (Å²) in [7, 11) is 1.67. The molecule has 1 aliphatic carbocycles. The van der Waals surface area contributed by atoms with E-state index in [-0.39, 0.29) is 24.1 Å². The zero-order chi connectivity index (χ0) is 15.0. The molecule has 3 rings (SSSR count). The summed E-state index contributed by atoms with van der Waals surface area (Å²) in [4.78, 5) is 12.3. The van der Waals surface area contributed by atoms with Crippen molar-refractivity contribution in [2.75, 3.05) is 13.7 Å². The molecule has 0 aromatic heterocycles. The van der Waals surface area contributed by atoms with Gasteiger partial charge in [0.1, 0.15) is 0 Å². The lowest BCUT2D eigenvalue weighted by Gasteiger charge is -2.18. The van der Waals surface area contributed by atoms with E-state index < -0.39 is 0 Å². The third-order valence-corrected chi connectivity index (χ3v) is 5.19. The molecule has 0 spiro atoms. The Morgan fingerprint density at radius 2 is 2.24 bits per heavy atom. The van der Waals surface area contributed by atoms with Crippen LogP contribution >= 0.6 is 23.2 Å². The van der Waals surface area contributed by atoms with Crippen LogP contribution in [0.4, 0.5) is 0 Å². The predicted molar refractivity (Wildman–Crippen MR) is 82.9 cm³/mol. The largest absolute Gasteiger partial charge is 0.380 e. The van der Waals surface area contributed by atoms with Gasteiger partial charge in [0.15, 0.2) is 0 Å². The van der Waals surface area contributed by atoms with E-state index in [4.69, 9.17) is 27.9 Å². The Labute approximate surface area is 134 Å². The smallest absolute Gasteiger partial charge is 0.237 e. The van der Waals surface area contributed by atoms with Crippen LogP contribution in [-0.2, 0) is 16.0 Å². The first-order valence-electron chi connectivity index (χ1n) is 7.13. The van der Waals surface area contributed by atoms with Crippen LogP contribution < -0.4 is 10.6 Å². The molecule has 1 fully saturated rings. The molecular weight excluding hydrogens is 311 g/mol. The van der Waals surface area contributed by atoms with Gasteiger partial charge in [-0.3, -0.25) is 4.79 Å². The van der Waals surface area contributed by atoms with Crippen LogP contribution in [0.2, 0.25) is 10.0 Å². The Bertz CT molecular complexity index is 565. The van der Waals surface area contributed by atoms with Gasteiger partial charge in [-0.25, -0.2) is 0 Å². The lowest BCUT2D eigenvalue weighted by atomic mass is 10.1. The fraction of sp³-hybridized carbons (Fsp3) is 0.533. The summed E-state index contributed by atoms with van der Waals surface area (Å²) in [5.74, 6) is 0.0264. The van der Waals surface area contributed by atoms with Gasteiger partial charge in [0.2, 0.25) is 5.91 Å². The summed E-state index contributed by atoms with van der Waals surface area (Å²) in [6.07, 6.45) is 2.54. The number of rotatable bonds is 3. The molecule has 6 heteroatoms. The van der Waals surface area contributed by atoms with E-state index in [9.17, 15) is 4.79 Å². The van der Waals surface area contributed by atoms with E-state index in [0.717, 1.165) is 30.5 Å². The Kier molecular flexibility index (Phi) is 4.41. The highest BCUT2D eigenvalue weighted by molar-refractivity contribution is 6.42. The van der Waals surface area contributed by atoms with Crippen molar-refractivity contribution in [2.45, 2.75) is 37.5 Å². The molecule has 0 radical (unpaired) electrons. The van der Waals surface area contributed by atoms with Crippen LogP contribution in [0.3, 0.4) is 0 Å². The molecule has 1 aliphatic heterocycles. The van der Waals surface area contributed by atoms with E-state index in [0.29, 0.717) is 16.5 Å². The second-order valence-electron chi connectivity index (χ2n) is 5.58. The van der Waals surface area contributed by atoms with Crippen LogP contribution in [-0.4, -0.2) is 31.7 Å². The molecule has 1 aromatic rings. The van der Waals surface area contributed by atoms with Crippen molar-refractivity contribution < 1.29 is 9.53 Å². The summed E-state index contributed by atoms with van der Waals surface area (Å²) < 4.78 is 5.27. The number of fused-ring (bicyclic) bond motifs is 1. The first-order valence-corrected chi connectivity index (χ1v) is 7.89. The number of benzene rings is 1. The van der Waals surface area contributed by atoms with E-state index >= 15 is 0 Å². The fourth-order valence-corrected chi connectivity index (χ4v) is 3.58. The molecule has 0 saturated carbocycles. The molecule has 21 heavy (non-hydrogen) atoms. The summed E-state index contributed by atoms with van der Waals surface area (Å²) in [6.45, 7) is 0.720. The molecule has 4 nitrogen and oxygen atoms in total. The zero-order valence-corrected chi connectivity index (χ0v) is 13.3. The predicted octanol–water partition coefficient (Wildman–Crippen LogP) is 2.47. The minimum Gasteiger partial charge on any atom is -0.380 e. The topological polar surface area (TPSA) is 50.4 Å². The average Bonchev–Trinajstić information content (AvgIpc) is 3.10. The van der Waals surface area contributed by atoms with Gasteiger partial charge >= 0.3 is 0 Å². The number of ether oxygens (including phenoxy) is 1. The van der Waals surface area contributed by atoms with Crippen molar-refractivity contribution in [3.8, 4) is 0 Å². The quantitative estimate of drug-likeness (QED) is 0.896. The van der Waals surface area contributed by atoms with Crippen molar-refractivity contribution in [3.63, 3.8) is 0 Å². The highest BCUT2D eigenvalue weighted by atomic mass is 35.5. The summed E-state index contributed by atoms with van der Waals surface area (Å²) >= 11 is 12.3. The van der Waals surface area contributed by atoms with Crippen LogP contribution in [0.15, 0.2) is 12.1 Å². The fourth-order valence-electron chi connectivity index (χ4n) is 3.14. The number of hydrogen-bond acceptors (Lipinski definition) is 3. The number of nitrogens with one attached hydrogen (secondary N) is 2. The number of amides is 1. The minimum absolute atomic E-state index is 0.0191. The Balaban J connectivity index is 1.68. The highest BCUT2D eigenvalue weighted by Gasteiger charge is 2.32. The van der Waals surface area contributed by atoms with Gasteiger partial charge in [0.05, 0.1) is 28.2 Å². The van der Waals surface area contributed by atoms with Gasteiger partial charge in [0, 0.05) is 13.7 Å². The van der Waals surface area contributed by atoms with Gasteiger partial charge in [0.25, 0.3) is 0 Å². The SMILES string of the molecule is CO[C@@H]1CN[C@@H](C(=O)NC2CCc3c2ccc(Cl)c3Cl)C1. The first kappa shape index (κ1) is 15.1. The number of carbonyl (C=O) groups is 1. The second kappa shape index (κ2) is 6.13. The van der Waals surface area contributed by atoms with E-state index in [2.05, 4.69) is 10.6 Å². The number of carbonyl (C=O) groups excluding carboxylic acids is 1. The first-order chi connectivity index (χ1) is 10.1. The van der Waals surface area contributed by atoms with Crippen molar-refractivity contribution >= 4 is 29.1 Å². The van der Waals surface area contributed by atoms with Gasteiger partial charge in [-0.05, 0) is 36.5 Å². The van der Waals surface area contributed by atoms with Crippen molar-refractivity contribution in [1.29, 1.82) is 0 Å². The van der Waals surface area contributed by atoms with Crippen LogP contribution in [0.25, 0.3) is 0 Å². The van der Waals surface area contributed by atoms with Crippen molar-refractivity contribution in [2.24, 2.45) is 0 Å². The molecule has 1 heterocycles. The van der Waals surface area contributed by atoms with Crippen LogP contribution in [0.5, 0.6) is 0 Å². The molecule has 2 N–H and O–H groups in total. The maximum atomic E-state index is 12.3. The van der Waals surface area contributed by atoms with Gasteiger partial charge in [-0.15, -0.1) is 0 Å². The van der Waals surface area contributed by atoms with Crippen LogP contribution in [0, 0.1) is 0 Å². The van der Waals surface area contributed by atoms with Gasteiger partial charge in [-0.2, -0.15) is 0 Å². The summed E-state index contributed by atoms with van der Waals surface area (Å²) in [5.41, 5.74) is 2.14. The van der Waals surface area contributed by atoms with E-state index in [1.807, 2.05) is 6.07 Å². The number of halogens is 2. The Morgan fingerprint density at radius 3 is 2.95 bits per heavy atom. The molecule has 2 aliphatic rings. The molecule has 114 valence electrons. The molecule has 1 saturated heterocycles. The minimum atomic E-state index is -0.179. The standard InChI is InChI=1S/C15H18Cl2N2O2/c1-21-8-6-13(18-7-8)15(20)19-12-5-3-10-9(12)2-4-11(16)14(10)17/h2,4,8,12-13,18H,3,5-7H2,1H3,(H,19,20)/t8-,12?,13+/m0/s1. The maximum absolute atomic E-state index is 12.3. The van der Waals surface area contributed by atoms with Crippen molar-refractivity contribution in [3.05, 3.63) is 33.3 Å². The third kappa shape index (κ3) is 2.90. The lowest BCUT2D eigenvalue weighted by molar-refractivity contribution is -0.123. The summed E-state index contributed by atoms with van der Waals surface area (Å²) in [6, 6.07) is 3.59. The van der Waals surface area contributed by atoms with Gasteiger partial charge in [-0.1, -0.05) is 29.3 Å². The zero-order valence-electron chi connectivity index (χ0n) is 11.8. The molecule has 1 aromatic carbocycles. The Hall–Kier alpha value is -0.810. The van der Waals surface area contributed by atoms with Crippen molar-refractivity contribution in [1.82, 2.24) is 10.6 Å². The normalized spacial score (nSPS) is 27.7. The number of methoxy groups -OCH3 is 1. The lowest BCUT2D eigenvalue weighted by Crippen LogP contribution is -2.41. The average molecular weight is 329 g/mol. The third-order valence-electron chi connectivity index (χ3n) is 4.35. The summed E-state index contributed by atoms with van der Waals surface area (Å²) in [5, 5.41) is 7.49. The molecule has 0 bridgehead atoms. The maximum Gasteiger partial charge on any atom is 0.237 e. The molecular formula is C15H18Cl2N2O2. The highest BCUT2D eigenvalue weighted by Crippen LogP contribution is 2.39. The van der Waals surface area contributed by atoms with Crippen LogP contribution in [0.1, 0.15) is 30.0 Å². The van der Waals surface area contributed by atoms with E-state index in [1.165, 1.54) is 0 Å². The molecule has 3 atom stereocenters. The molecule has 1 unspecified atom stereocenters. The monoisotopic (exact) mass is 328 g/mol. The molecule has 1 amide bonds. The Morgan fingerprint density at radius 1 is 1.43 bits per heavy atom. The number of hydrogen-bond donors (Lipinski definition) is 2. The second-order valence-corrected chi connectivity index (χ2v) is 6.37. The van der Waals surface area contributed by atoms with Gasteiger partial charge < -0.3 is 15.4 Å². The van der Waals surface area contributed by atoms with E-state index in [1.54, 1.807) is 13.2 Å².